The number of hydrogen-bond acceptors (Lipinski definition) is 4. The number of hydrogen-bond donors (Lipinski definition) is 3. The standard InChI is InChI=1S/C24H25N3O4/c1-13-3-9-20-18(11-13)19-12-16(6-10-21(19)27-20)24(30)31-14(2)23(29)26-17-7-4-15(5-8-17)22(25)28/h4-8,10,12-14,27H,3,9,11H2,1-2H3,(H2,25,28)(H,26,29). The maximum Gasteiger partial charge on any atom is 0.338 e. The van der Waals surface area contributed by atoms with Crippen LogP contribution < -0.4 is 11.1 Å². The number of nitrogens with one attached hydrogen (secondary N) is 2. The highest BCUT2D eigenvalue weighted by atomic mass is 16.5. The smallest absolute Gasteiger partial charge is 0.338 e. The molecule has 1 heterocycles. The third-order valence-electron chi connectivity index (χ3n) is 5.76. The molecule has 1 aliphatic carbocycles. The Labute approximate surface area is 180 Å². The third kappa shape index (κ3) is 4.30. The molecular weight excluding hydrogens is 394 g/mol. The number of aromatic nitrogens is 1. The number of aryl methyl sites for hydroxylation is 1. The van der Waals surface area contributed by atoms with Crippen LogP contribution in [0.4, 0.5) is 5.69 Å². The van der Waals surface area contributed by atoms with Crippen molar-refractivity contribution in [3.63, 3.8) is 0 Å². The SMILES string of the molecule is CC1CCc2[nH]c3ccc(C(=O)OC(C)C(=O)Nc4ccc(C(N)=O)cc4)cc3c2C1. The van der Waals surface area contributed by atoms with E-state index in [2.05, 4.69) is 17.2 Å². The quantitative estimate of drug-likeness (QED) is 0.548. The zero-order valence-corrected chi connectivity index (χ0v) is 17.5. The molecule has 0 fully saturated rings. The fourth-order valence-electron chi connectivity index (χ4n) is 3.96. The molecule has 4 N–H and O–H groups in total. The fraction of sp³-hybridized carbons (Fsp3) is 0.292. The van der Waals surface area contributed by atoms with Crippen molar-refractivity contribution in [1.29, 1.82) is 0 Å². The van der Waals surface area contributed by atoms with Crippen LogP contribution in [0.5, 0.6) is 0 Å². The van der Waals surface area contributed by atoms with Crippen LogP contribution in [0.1, 0.15) is 52.2 Å². The van der Waals surface area contributed by atoms with Gasteiger partial charge >= 0.3 is 5.97 Å². The number of H-pyrrole nitrogens is 1. The first-order valence-corrected chi connectivity index (χ1v) is 10.4. The summed E-state index contributed by atoms with van der Waals surface area (Å²) in [6.07, 6.45) is 2.18. The van der Waals surface area contributed by atoms with E-state index in [9.17, 15) is 14.4 Å². The van der Waals surface area contributed by atoms with E-state index < -0.39 is 23.9 Å². The molecule has 2 unspecified atom stereocenters. The number of carbonyl (C=O) groups excluding carboxylic acids is 3. The molecule has 0 saturated heterocycles. The molecule has 1 aromatic heterocycles. The lowest BCUT2D eigenvalue weighted by atomic mass is 9.87. The van der Waals surface area contributed by atoms with E-state index in [4.69, 9.17) is 10.5 Å². The number of ether oxygens (including phenoxy) is 1. The summed E-state index contributed by atoms with van der Waals surface area (Å²) in [4.78, 5) is 39.7. The van der Waals surface area contributed by atoms with Gasteiger partial charge in [0.15, 0.2) is 6.10 Å². The summed E-state index contributed by atoms with van der Waals surface area (Å²) in [6.45, 7) is 3.75. The maximum atomic E-state index is 12.7. The predicted molar refractivity (Wildman–Crippen MR) is 118 cm³/mol. The van der Waals surface area contributed by atoms with E-state index in [0.717, 1.165) is 30.2 Å². The van der Waals surface area contributed by atoms with Crippen LogP contribution in [0.3, 0.4) is 0 Å². The van der Waals surface area contributed by atoms with Gasteiger partial charge in [0.1, 0.15) is 0 Å². The van der Waals surface area contributed by atoms with Crippen LogP contribution in [0.15, 0.2) is 42.5 Å². The molecule has 4 rings (SSSR count). The second-order valence-electron chi connectivity index (χ2n) is 8.17. The summed E-state index contributed by atoms with van der Waals surface area (Å²) in [5.41, 5.74) is 9.98. The summed E-state index contributed by atoms with van der Waals surface area (Å²) in [7, 11) is 0. The normalized spacial score (nSPS) is 16.4. The van der Waals surface area contributed by atoms with E-state index in [1.54, 1.807) is 18.2 Å². The molecule has 0 bridgehead atoms. The minimum Gasteiger partial charge on any atom is -0.449 e. The zero-order chi connectivity index (χ0) is 22.1. The first kappa shape index (κ1) is 20.7. The van der Waals surface area contributed by atoms with Crippen molar-refractivity contribution in [1.82, 2.24) is 4.98 Å². The Morgan fingerprint density at radius 1 is 1.13 bits per heavy atom. The van der Waals surface area contributed by atoms with Crippen LogP contribution in [0, 0.1) is 5.92 Å². The molecular formula is C24H25N3O4. The molecule has 7 nitrogen and oxygen atoms in total. The lowest BCUT2D eigenvalue weighted by Gasteiger charge is -2.18. The average Bonchev–Trinajstić information content (AvgIpc) is 3.11. The average molecular weight is 419 g/mol. The van der Waals surface area contributed by atoms with Gasteiger partial charge in [0.2, 0.25) is 5.91 Å². The van der Waals surface area contributed by atoms with Gasteiger partial charge in [-0.15, -0.1) is 0 Å². The van der Waals surface area contributed by atoms with E-state index >= 15 is 0 Å². The van der Waals surface area contributed by atoms with Gasteiger partial charge in [0, 0.05) is 27.8 Å². The largest absolute Gasteiger partial charge is 0.449 e. The highest BCUT2D eigenvalue weighted by Crippen LogP contribution is 2.32. The van der Waals surface area contributed by atoms with Gasteiger partial charge in [0.25, 0.3) is 5.91 Å². The van der Waals surface area contributed by atoms with Crippen molar-refractivity contribution in [2.75, 3.05) is 5.32 Å². The van der Waals surface area contributed by atoms with Crippen LogP contribution >= 0.6 is 0 Å². The fourth-order valence-corrected chi connectivity index (χ4v) is 3.96. The topological polar surface area (TPSA) is 114 Å². The third-order valence-corrected chi connectivity index (χ3v) is 5.76. The van der Waals surface area contributed by atoms with Crippen LogP contribution in [-0.2, 0) is 22.4 Å². The van der Waals surface area contributed by atoms with Gasteiger partial charge in [0.05, 0.1) is 5.56 Å². The van der Waals surface area contributed by atoms with Crippen LogP contribution in [0.2, 0.25) is 0 Å². The monoisotopic (exact) mass is 419 g/mol. The minimum atomic E-state index is -0.987. The highest BCUT2D eigenvalue weighted by Gasteiger charge is 2.23. The number of amides is 2. The lowest BCUT2D eigenvalue weighted by molar-refractivity contribution is -0.123. The molecule has 2 atom stereocenters. The van der Waals surface area contributed by atoms with E-state index in [1.165, 1.54) is 30.3 Å². The van der Waals surface area contributed by atoms with Gasteiger partial charge in [-0.1, -0.05) is 6.92 Å². The summed E-state index contributed by atoms with van der Waals surface area (Å²) in [5, 5.41) is 3.71. The molecule has 7 heteroatoms. The van der Waals surface area contributed by atoms with Crippen LogP contribution in [0.25, 0.3) is 10.9 Å². The Kier molecular flexibility index (Phi) is 5.50. The Morgan fingerprint density at radius 3 is 2.55 bits per heavy atom. The molecule has 2 amide bonds. The number of esters is 1. The van der Waals surface area contributed by atoms with Crippen molar-refractivity contribution in [3.05, 3.63) is 64.8 Å². The molecule has 0 spiro atoms. The number of fused-ring (bicyclic) bond motifs is 3. The van der Waals surface area contributed by atoms with Crippen molar-refractivity contribution in [2.24, 2.45) is 11.7 Å². The Hall–Kier alpha value is -3.61. The van der Waals surface area contributed by atoms with Gasteiger partial charge in [-0.25, -0.2) is 4.79 Å². The van der Waals surface area contributed by atoms with Gasteiger partial charge in [-0.3, -0.25) is 9.59 Å². The number of nitrogens with two attached hydrogens (primary N) is 1. The molecule has 1 aliphatic rings. The van der Waals surface area contributed by atoms with Gasteiger partial charge < -0.3 is 20.8 Å². The molecule has 31 heavy (non-hydrogen) atoms. The second-order valence-corrected chi connectivity index (χ2v) is 8.17. The van der Waals surface area contributed by atoms with Crippen molar-refractivity contribution in [3.8, 4) is 0 Å². The van der Waals surface area contributed by atoms with E-state index in [0.29, 0.717) is 22.7 Å². The Bertz CT molecular complexity index is 1160. The predicted octanol–water partition coefficient (Wildman–Crippen LogP) is 3.58. The second kappa shape index (κ2) is 8.26. The number of primary amides is 1. The number of rotatable bonds is 5. The number of aromatic amines is 1. The molecule has 160 valence electrons. The lowest BCUT2D eigenvalue weighted by Crippen LogP contribution is -2.30. The zero-order valence-electron chi connectivity index (χ0n) is 17.5. The first-order valence-electron chi connectivity index (χ1n) is 10.4. The minimum absolute atomic E-state index is 0.342. The van der Waals surface area contributed by atoms with Crippen molar-refractivity contribution < 1.29 is 19.1 Å². The number of benzene rings is 2. The Balaban J connectivity index is 1.44. The van der Waals surface area contributed by atoms with Crippen LogP contribution in [-0.4, -0.2) is 28.9 Å². The molecule has 0 saturated carbocycles. The van der Waals surface area contributed by atoms with Gasteiger partial charge in [-0.2, -0.15) is 0 Å². The molecule has 0 aliphatic heterocycles. The summed E-state index contributed by atoms with van der Waals surface area (Å²) in [5.74, 6) is -0.945. The van der Waals surface area contributed by atoms with E-state index in [-0.39, 0.29) is 0 Å². The molecule has 0 radical (unpaired) electrons. The Morgan fingerprint density at radius 2 is 1.84 bits per heavy atom. The molecule has 3 aromatic rings. The maximum absolute atomic E-state index is 12.7. The summed E-state index contributed by atoms with van der Waals surface area (Å²) < 4.78 is 5.39. The van der Waals surface area contributed by atoms with E-state index in [1.807, 2.05) is 12.1 Å². The number of anilines is 1. The summed E-state index contributed by atoms with van der Waals surface area (Å²) in [6, 6.07) is 11.6. The highest BCUT2D eigenvalue weighted by molar-refractivity contribution is 6.00. The number of carbonyl (C=O) groups is 3. The van der Waals surface area contributed by atoms with Crippen molar-refractivity contribution >= 4 is 34.4 Å². The van der Waals surface area contributed by atoms with Crippen molar-refractivity contribution in [2.45, 2.75) is 39.2 Å². The molecule has 2 aromatic carbocycles. The first-order chi connectivity index (χ1) is 14.8. The van der Waals surface area contributed by atoms with Gasteiger partial charge in [-0.05, 0) is 80.1 Å². The summed E-state index contributed by atoms with van der Waals surface area (Å²) >= 11 is 0.